The van der Waals surface area contributed by atoms with Crippen LogP contribution in [-0.4, -0.2) is 11.1 Å². The monoisotopic (exact) mass is 204 g/mol. The first kappa shape index (κ1) is 9.77. The zero-order valence-corrected chi connectivity index (χ0v) is 8.65. The van der Waals surface area contributed by atoms with E-state index in [1.54, 1.807) is 18.2 Å². The summed E-state index contributed by atoms with van der Waals surface area (Å²) in [5.74, 6) is 0.262. The van der Waals surface area contributed by atoms with Gasteiger partial charge in [-0.1, -0.05) is 19.9 Å². The van der Waals surface area contributed by atoms with Crippen molar-refractivity contribution in [1.29, 1.82) is 0 Å². The van der Waals surface area contributed by atoms with Gasteiger partial charge in [0.15, 0.2) is 0 Å². The molecule has 1 aromatic carbocycles. The third-order valence-corrected chi connectivity index (χ3v) is 2.36. The van der Waals surface area contributed by atoms with Crippen molar-refractivity contribution in [3.8, 4) is 0 Å². The first-order valence-electron chi connectivity index (χ1n) is 4.84. The van der Waals surface area contributed by atoms with E-state index in [-0.39, 0.29) is 5.56 Å². The van der Waals surface area contributed by atoms with Crippen molar-refractivity contribution >= 4 is 16.9 Å². The fraction of sp³-hybridized carbons (Fsp3) is 0.250. The van der Waals surface area contributed by atoms with Crippen molar-refractivity contribution in [3.63, 3.8) is 0 Å². The number of carboxylic acid groups (broad SMARTS) is 1. The van der Waals surface area contributed by atoms with Gasteiger partial charge in [-0.25, -0.2) is 4.79 Å². The summed E-state index contributed by atoms with van der Waals surface area (Å²) in [7, 11) is 0. The number of rotatable bonds is 2. The molecule has 1 heterocycles. The SMILES string of the molecule is CC(C)c1cc2ccc(C(=O)O)cc2o1. The molecule has 0 aliphatic heterocycles. The van der Waals surface area contributed by atoms with Gasteiger partial charge in [-0.2, -0.15) is 0 Å². The zero-order valence-electron chi connectivity index (χ0n) is 8.65. The van der Waals surface area contributed by atoms with Crippen LogP contribution in [0.1, 0.15) is 35.9 Å². The van der Waals surface area contributed by atoms with Gasteiger partial charge in [0.1, 0.15) is 11.3 Å². The van der Waals surface area contributed by atoms with E-state index in [1.165, 1.54) is 0 Å². The molecule has 0 aliphatic carbocycles. The molecule has 0 unspecified atom stereocenters. The van der Waals surface area contributed by atoms with Gasteiger partial charge >= 0.3 is 5.97 Å². The molecule has 0 atom stereocenters. The largest absolute Gasteiger partial charge is 0.478 e. The highest BCUT2D eigenvalue weighted by Crippen LogP contribution is 2.25. The Labute approximate surface area is 87.3 Å². The number of hydrogen-bond donors (Lipinski definition) is 1. The van der Waals surface area contributed by atoms with E-state index < -0.39 is 5.97 Å². The van der Waals surface area contributed by atoms with Crippen LogP contribution < -0.4 is 0 Å². The molecule has 2 rings (SSSR count). The molecule has 0 saturated carbocycles. The highest BCUT2D eigenvalue weighted by molar-refractivity contribution is 5.92. The van der Waals surface area contributed by atoms with Crippen LogP contribution in [0.15, 0.2) is 28.7 Å². The summed E-state index contributed by atoms with van der Waals surface area (Å²) < 4.78 is 5.56. The number of fused-ring (bicyclic) bond motifs is 1. The van der Waals surface area contributed by atoms with E-state index in [1.807, 2.05) is 19.9 Å². The van der Waals surface area contributed by atoms with Crippen LogP contribution in [0.5, 0.6) is 0 Å². The Balaban J connectivity index is 2.57. The number of hydrogen-bond acceptors (Lipinski definition) is 2. The lowest BCUT2D eigenvalue weighted by molar-refractivity contribution is 0.0697. The molecule has 1 aromatic heterocycles. The number of aromatic carboxylic acids is 1. The normalized spacial score (nSPS) is 11.1. The molecule has 0 bridgehead atoms. The van der Waals surface area contributed by atoms with E-state index >= 15 is 0 Å². The Hall–Kier alpha value is -1.77. The second-order valence-corrected chi connectivity index (χ2v) is 3.86. The third kappa shape index (κ3) is 1.73. The van der Waals surface area contributed by atoms with E-state index in [9.17, 15) is 4.79 Å². The minimum absolute atomic E-state index is 0.257. The lowest BCUT2D eigenvalue weighted by Gasteiger charge is -1.96. The summed E-state index contributed by atoms with van der Waals surface area (Å²) >= 11 is 0. The molecule has 0 aliphatic rings. The van der Waals surface area contributed by atoms with Gasteiger partial charge in [-0.15, -0.1) is 0 Å². The molecule has 0 radical (unpaired) electrons. The second-order valence-electron chi connectivity index (χ2n) is 3.86. The Morgan fingerprint density at radius 3 is 2.67 bits per heavy atom. The van der Waals surface area contributed by atoms with Crippen molar-refractivity contribution in [2.75, 3.05) is 0 Å². The molecule has 0 amide bonds. The van der Waals surface area contributed by atoms with Crippen LogP contribution >= 0.6 is 0 Å². The van der Waals surface area contributed by atoms with Crippen molar-refractivity contribution in [2.24, 2.45) is 0 Å². The lowest BCUT2D eigenvalue weighted by Crippen LogP contribution is -1.94. The van der Waals surface area contributed by atoms with Crippen LogP contribution in [-0.2, 0) is 0 Å². The fourth-order valence-electron chi connectivity index (χ4n) is 1.47. The highest BCUT2D eigenvalue weighted by atomic mass is 16.4. The Morgan fingerprint density at radius 1 is 1.33 bits per heavy atom. The summed E-state index contributed by atoms with van der Waals surface area (Å²) in [6.07, 6.45) is 0. The Kier molecular flexibility index (Phi) is 2.23. The van der Waals surface area contributed by atoms with Crippen LogP contribution in [0.4, 0.5) is 0 Å². The summed E-state index contributed by atoms with van der Waals surface area (Å²) in [6.45, 7) is 4.08. The zero-order chi connectivity index (χ0) is 11.0. The van der Waals surface area contributed by atoms with Gasteiger partial charge in [-0.3, -0.25) is 0 Å². The van der Waals surface area contributed by atoms with E-state index in [2.05, 4.69) is 0 Å². The predicted octanol–water partition coefficient (Wildman–Crippen LogP) is 3.25. The molecule has 3 heteroatoms. The average molecular weight is 204 g/mol. The van der Waals surface area contributed by atoms with Crippen molar-refractivity contribution < 1.29 is 14.3 Å². The van der Waals surface area contributed by atoms with E-state index in [4.69, 9.17) is 9.52 Å². The average Bonchev–Trinajstić information content (AvgIpc) is 2.59. The number of benzene rings is 1. The van der Waals surface area contributed by atoms with Gasteiger partial charge in [0.05, 0.1) is 5.56 Å². The Bertz CT molecular complexity index is 509. The molecule has 1 N–H and O–H groups in total. The lowest BCUT2D eigenvalue weighted by atomic mass is 10.1. The van der Waals surface area contributed by atoms with Crippen LogP contribution in [0, 0.1) is 0 Å². The van der Waals surface area contributed by atoms with Crippen LogP contribution in [0.25, 0.3) is 11.0 Å². The van der Waals surface area contributed by atoms with E-state index in [0.717, 1.165) is 11.1 Å². The predicted molar refractivity (Wildman–Crippen MR) is 57.3 cm³/mol. The summed E-state index contributed by atoms with van der Waals surface area (Å²) in [5.41, 5.74) is 0.894. The minimum Gasteiger partial charge on any atom is -0.478 e. The molecule has 3 nitrogen and oxygen atoms in total. The maximum absolute atomic E-state index is 10.7. The molecular weight excluding hydrogens is 192 g/mol. The summed E-state index contributed by atoms with van der Waals surface area (Å²) in [5, 5.41) is 9.77. The maximum Gasteiger partial charge on any atom is 0.335 e. The molecule has 0 fully saturated rings. The minimum atomic E-state index is -0.931. The van der Waals surface area contributed by atoms with Gasteiger partial charge in [0.25, 0.3) is 0 Å². The molecule has 0 saturated heterocycles. The quantitative estimate of drug-likeness (QED) is 0.816. The molecule has 78 valence electrons. The smallest absolute Gasteiger partial charge is 0.335 e. The fourth-order valence-corrected chi connectivity index (χ4v) is 1.47. The molecule has 15 heavy (non-hydrogen) atoms. The topological polar surface area (TPSA) is 50.4 Å². The maximum atomic E-state index is 10.7. The van der Waals surface area contributed by atoms with Crippen LogP contribution in [0.2, 0.25) is 0 Å². The van der Waals surface area contributed by atoms with Gasteiger partial charge < -0.3 is 9.52 Å². The molecule has 0 spiro atoms. The van der Waals surface area contributed by atoms with Gasteiger partial charge in [-0.05, 0) is 18.2 Å². The number of carbonyl (C=O) groups is 1. The molecular formula is C12H12O3. The van der Waals surface area contributed by atoms with Gasteiger partial charge in [0.2, 0.25) is 0 Å². The van der Waals surface area contributed by atoms with Gasteiger partial charge in [0, 0.05) is 11.3 Å². The molecule has 2 aromatic rings. The number of carboxylic acids is 1. The highest BCUT2D eigenvalue weighted by Gasteiger charge is 2.09. The number of furan rings is 1. The van der Waals surface area contributed by atoms with Crippen molar-refractivity contribution in [1.82, 2.24) is 0 Å². The van der Waals surface area contributed by atoms with E-state index in [0.29, 0.717) is 11.5 Å². The van der Waals surface area contributed by atoms with Crippen molar-refractivity contribution in [2.45, 2.75) is 19.8 Å². The summed E-state index contributed by atoms with van der Waals surface area (Å²) in [4.78, 5) is 10.7. The third-order valence-electron chi connectivity index (χ3n) is 2.36. The van der Waals surface area contributed by atoms with Crippen LogP contribution in [0.3, 0.4) is 0 Å². The first-order chi connectivity index (χ1) is 7.08. The standard InChI is InChI=1S/C12H12O3/c1-7(2)10-5-8-3-4-9(12(13)14)6-11(8)15-10/h3-7H,1-2H3,(H,13,14). The van der Waals surface area contributed by atoms with Crippen molar-refractivity contribution in [3.05, 3.63) is 35.6 Å². The Morgan fingerprint density at radius 2 is 2.07 bits per heavy atom. The first-order valence-corrected chi connectivity index (χ1v) is 4.84. The summed E-state index contributed by atoms with van der Waals surface area (Å²) in [6, 6.07) is 6.87. The second kappa shape index (κ2) is 3.42.